The van der Waals surface area contributed by atoms with Crippen LogP contribution in [0.15, 0.2) is 92.0 Å². The van der Waals surface area contributed by atoms with Crippen LogP contribution in [0.1, 0.15) is 61.2 Å². The summed E-state index contributed by atoms with van der Waals surface area (Å²) in [6, 6.07) is 14.0. The molecule has 0 saturated carbocycles. The first-order chi connectivity index (χ1) is 29.2. The Morgan fingerprint density at radius 2 is 0.852 bits per heavy atom. The molecule has 4 aromatic heterocycles. The van der Waals surface area contributed by atoms with E-state index in [1.165, 1.54) is 48.5 Å². The minimum absolute atomic E-state index is 0.00155. The summed E-state index contributed by atoms with van der Waals surface area (Å²) in [5.41, 5.74) is 1.28. The highest BCUT2D eigenvalue weighted by atomic mass is 16.5. The van der Waals surface area contributed by atoms with Crippen LogP contribution in [0.4, 0.5) is 0 Å². The van der Waals surface area contributed by atoms with E-state index < -0.39 is 51.9 Å². The van der Waals surface area contributed by atoms with Crippen molar-refractivity contribution in [2.24, 2.45) is 5.73 Å². The Morgan fingerprint density at radius 1 is 0.508 bits per heavy atom. The Kier molecular flexibility index (Phi) is 17.4. The number of nitrogens with one attached hydrogen (secondary N) is 4. The molecule has 23 heteroatoms. The molecule has 4 rings (SSSR count). The Morgan fingerprint density at radius 3 is 1.23 bits per heavy atom. The quantitative estimate of drug-likeness (QED) is 0.0273. The van der Waals surface area contributed by atoms with Gasteiger partial charge in [0.05, 0.1) is 0 Å². The van der Waals surface area contributed by atoms with Gasteiger partial charge >= 0.3 is 0 Å². The predicted molar refractivity (Wildman–Crippen MR) is 216 cm³/mol. The standard InChI is InChI=1S/C38H49N11O12/c39-16-2-1-7-26(43-38(57)30-11-6-15-34(53)49(30)61)25-45(22-19-42-37(56)29-10-5-14-33(52)48(29)60)24-23-44(20-17-40-35(54)27-8-3-12-31(50)46(27)58)21-18-41-36(55)28-9-4-13-32(51)47(28)59/h3-6,8-15,26,58-61H,1-2,7,16-25,39H2,(H,40,54)(H,41,55)(H,42,56)(H,43,57). The van der Waals surface area contributed by atoms with Crippen molar-refractivity contribution >= 4 is 23.6 Å². The topological polar surface area (TPSA) is 318 Å². The second kappa shape index (κ2) is 22.8. The number of nitrogens with zero attached hydrogens (tertiary/aromatic N) is 6. The van der Waals surface area contributed by atoms with Crippen LogP contribution in [-0.2, 0) is 0 Å². The number of nitrogens with two attached hydrogens (primary N) is 1. The Balaban J connectivity index is 1.54. The number of hydrogen-bond acceptors (Lipinski definition) is 15. The first-order valence-corrected chi connectivity index (χ1v) is 19.2. The molecule has 0 fully saturated rings. The molecular weight excluding hydrogens is 802 g/mol. The van der Waals surface area contributed by atoms with E-state index in [2.05, 4.69) is 21.3 Å². The van der Waals surface area contributed by atoms with Gasteiger partial charge in [0.15, 0.2) is 0 Å². The molecule has 23 nitrogen and oxygen atoms in total. The van der Waals surface area contributed by atoms with Crippen LogP contribution in [-0.4, -0.2) is 145 Å². The number of rotatable bonds is 23. The Bertz CT molecular complexity index is 2320. The van der Waals surface area contributed by atoms with Crippen LogP contribution in [0.25, 0.3) is 0 Å². The second-order valence-corrected chi connectivity index (χ2v) is 13.6. The smallest absolute Gasteiger partial charge is 0.283 e. The summed E-state index contributed by atoms with van der Waals surface area (Å²) in [4.78, 5) is 103. The second-order valence-electron chi connectivity index (χ2n) is 13.6. The molecule has 328 valence electrons. The average molecular weight is 852 g/mol. The first-order valence-electron chi connectivity index (χ1n) is 19.2. The molecule has 4 amide bonds. The van der Waals surface area contributed by atoms with Crippen molar-refractivity contribution in [3.8, 4) is 0 Å². The SMILES string of the molecule is NCCCCC(CN(CCNC(=O)c1cccc(=O)n1O)CCN(CCNC(=O)c1cccc(=O)n1O)CCNC(=O)c1cccc(=O)n1O)NC(=O)c1cccc(=O)n1O. The zero-order chi connectivity index (χ0) is 44.5. The Labute approximate surface area is 346 Å². The molecule has 4 heterocycles. The van der Waals surface area contributed by atoms with E-state index >= 15 is 0 Å². The molecule has 0 radical (unpaired) electrons. The molecule has 0 aliphatic heterocycles. The van der Waals surface area contributed by atoms with Gasteiger partial charge in [0.1, 0.15) is 22.8 Å². The number of unbranched alkanes of at least 4 members (excludes halogenated alkanes) is 1. The summed E-state index contributed by atoms with van der Waals surface area (Å²) in [5.74, 6) is -2.97. The van der Waals surface area contributed by atoms with E-state index in [0.29, 0.717) is 25.8 Å². The normalized spacial score (nSPS) is 11.6. The molecule has 4 aromatic rings. The molecule has 0 spiro atoms. The molecule has 0 aliphatic rings. The number of pyridine rings is 4. The number of aromatic nitrogens is 4. The highest BCUT2D eigenvalue weighted by Crippen LogP contribution is 2.07. The number of amides is 4. The maximum atomic E-state index is 13.3. The lowest BCUT2D eigenvalue weighted by atomic mass is 10.1. The molecule has 1 atom stereocenters. The fourth-order valence-corrected chi connectivity index (χ4v) is 6.10. The van der Waals surface area contributed by atoms with Crippen LogP contribution in [0.3, 0.4) is 0 Å². The fraction of sp³-hybridized carbons (Fsp3) is 0.368. The largest absolute Gasteiger partial charge is 0.425 e. The zero-order valence-corrected chi connectivity index (χ0v) is 33.0. The lowest BCUT2D eigenvalue weighted by Crippen LogP contribution is -2.49. The van der Waals surface area contributed by atoms with Crippen molar-refractivity contribution in [2.75, 3.05) is 65.4 Å². The van der Waals surface area contributed by atoms with E-state index in [4.69, 9.17) is 5.73 Å². The predicted octanol–water partition coefficient (Wildman–Crippen LogP) is -2.60. The summed E-state index contributed by atoms with van der Waals surface area (Å²) in [7, 11) is 0. The van der Waals surface area contributed by atoms with Crippen molar-refractivity contribution < 1.29 is 40.0 Å². The van der Waals surface area contributed by atoms with E-state index in [0.717, 1.165) is 24.3 Å². The van der Waals surface area contributed by atoms with Crippen molar-refractivity contribution in [3.63, 3.8) is 0 Å². The van der Waals surface area contributed by atoms with Gasteiger partial charge in [-0.05, 0) is 43.7 Å². The zero-order valence-electron chi connectivity index (χ0n) is 33.0. The molecule has 0 bridgehead atoms. The van der Waals surface area contributed by atoms with Gasteiger partial charge in [-0.2, -0.15) is 0 Å². The molecule has 61 heavy (non-hydrogen) atoms. The molecule has 0 saturated heterocycles. The van der Waals surface area contributed by atoms with Crippen LogP contribution in [0.5, 0.6) is 0 Å². The number of carbonyl (C=O) groups is 4. The fourth-order valence-electron chi connectivity index (χ4n) is 6.10. The summed E-state index contributed by atoms with van der Waals surface area (Å²) in [6.07, 6.45) is 1.63. The molecule has 0 aliphatic carbocycles. The van der Waals surface area contributed by atoms with Gasteiger partial charge in [-0.1, -0.05) is 30.7 Å². The number of carbonyl (C=O) groups excluding carboxylic acids is 4. The lowest BCUT2D eigenvalue weighted by Gasteiger charge is -2.31. The minimum atomic E-state index is -0.812. The van der Waals surface area contributed by atoms with Gasteiger partial charge < -0.3 is 47.8 Å². The van der Waals surface area contributed by atoms with Gasteiger partial charge in [0.25, 0.3) is 45.9 Å². The average Bonchev–Trinajstić information content (AvgIpc) is 3.23. The van der Waals surface area contributed by atoms with E-state index in [1.807, 2.05) is 9.80 Å². The summed E-state index contributed by atoms with van der Waals surface area (Å²) >= 11 is 0. The highest BCUT2D eigenvalue weighted by molar-refractivity contribution is 5.93. The minimum Gasteiger partial charge on any atom is -0.425 e. The molecular formula is C38H49N11O12. The van der Waals surface area contributed by atoms with Crippen LogP contribution in [0.2, 0.25) is 0 Å². The summed E-state index contributed by atoms with van der Waals surface area (Å²) in [6.45, 7) is 1.47. The van der Waals surface area contributed by atoms with Crippen molar-refractivity contribution in [1.29, 1.82) is 0 Å². The third-order valence-electron chi connectivity index (χ3n) is 9.34. The van der Waals surface area contributed by atoms with E-state index in [9.17, 15) is 59.2 Å². The first kappa shape index (κ1) is 46.4. The third-order valence-corrected chi connectivity index (χ3v) is 9.34. The van der Waals surface area contributed by atoms with Crippen LogP contribution < -0.4 is 49.2 Å². The molecule has 0 aromatic carbocycles. The number of hydrogen-bond donors (Lipinski definition) is 9. The van der Waals surface area contributed by atoms with Crippen LogP contribution >= 0.6 is 0 Å². The lowest BCUT2D eigenvalue weighted by molar-refractivity contribution is 0.0842. The Hall–Kier alpha value is -7.24. The van der Waals surface area contributed by atoms with Crippen molar-refractivity contribution in [1.82, 2.24) is 50.0 Å². The van der Waals surface area contributed by atoms with E-state index in [1.54, 1.807) is 0 Å². The maximum Gasteiger partial charge on any atom is 0.283 e. The van der Waals surface area contributed by atoms with Crippen molar-refractivity contribution in [3.05, 3.63) is 137 Å². The van der Waals surface area contributed by atoms with Gasteiger partial charge in [-0.25, -0.2) is 0 Å². The highest BCUT2D eigenvalue weighted by Gasteiger charge is 2.22. The molecule has 10 N–H and O–H groups in total. The van der Waals surface area contributed by atoms with Crippen LogP contribution in [0, 0.1) is 0 Å². The molecule has 1 unspecified atom stereocenters. The van der Waals surface area contributed by atoms with Gasteiger partial charge in [0, 0.05) is 89.2 Å². The van der Waals surface area contributed by atoms with Crippen molar-refractivity contribution in [2.45, 2.75) is 25.3 Å². The summed E-state index contributed by atoms with van der Waals surface area (Å²) < 4.78 is 0.863. The van der Waals surface area contributed by atoms with Gasteiger partial charge in [0.2, 0.25) is 0 Å². The van der Waals surface area contributed by atoms with Gasteiger partial charge in [-0.15, -0.1) is 18.9 Å². The third kappa shape index (κ3) is 13.4. The monoisotopic (exact) mass is 851 g/mol. The summed E-state index contributed by atoms with van der Waals surface area (Å²) in [5, 5.41) is 51.2. The van der Waals surface area contributed by atoms with E-state index in [-0.39, 0.29) is 101 Å². The maximum absolute atomic E-state index is 13.3. The van der Waals surface area contributed by atoms with Gasteiger partial charge in [-0.3, -0.25) is 48.2 Å².